The predicted molar refractivity (Wildman–Crippen MR) is 80.6 cm³/mol. The molecule has 1 aliphatic heterocycles. The maximum Gasteiger partial charge on any atom is 0.263 e. The fourth-order valence-corrected chi connectivity index (χ4v) is 3.31. The van der Waals surface area contributed by atoms with Gasteiger partial charge in [0.15, 0.2) is 0 Å². The van der Waals surface area contributed by atoms with Gasteiger partial charge in [-0.15, -0.1) is 11.3 Å². The Morgan fingerprint density at radius 3 is 2.95 bits per heavy atom. The summed E-state index contributed by atoms with van der Waals surface area (Å²) in [4.78, 5) is 15.3. The van der Waals surface area contributed by atoms with Crippen molar-refractivity contribution < 1.29 is 4.79 Å². The van der Waals surface area contributed by atoms with Gasteiger partial charge in [-0.3, -0.25) is 4.79 Å². The highest BCUT2D eigenvalue weighted by Gasteiger charge is 2.28. The van der Waals surface area contributed by atoms with Gasteiger partial charge in [0.05, 0.1) is 4.88 Å². The topological polar surface area (TPSA) is 32.3 Å². The number of likely N-dealkylation sites (tertiary alicyclic amines) is 1. The Morgan fingerprint density at radius 1 is 1.53 bits per heavy atom. The van der Waals surface area contributed by atoms with Crippen LogP contribution < -0.4 is 5.32 Å². The summed E-state index contributed by atoms with van der Waals surface area (Å²) in [5.41, 5.74) is 0. The molecule has 0 bridgehead atoms. The summed E-state index contributed by atoms with van der Waals surface area (Å²) in [6, 6.07) is 4.30. The lowest BCUT2D eigenvalue weighted by molar-refractivity contribution is 0.0644. The quantitative estimate of drug-likeness (QED) is 0.920. The zero-order valence-corrected chi connectivity index (χ0v) is 12.9. The number of carbonyl (C=O) groups excluding carboxylic acids is 1. The first-order chi connectivity index (χ1) is 9.06. The molecule has 2 heterocycles. The van der Waals surface area contributed by atoms with Gasteiger partial charge in [0, 0.05) is 19.1 Å². The molecule has 0 saturated carbocycles. The second-order valence-corrected chi connectivity index (χ2v) is 6.98. The first-order valence-electron chi connectivity index (χ1n) is 7.12. The predicted octanol–water partition coefficient (Wildman–Crippen LogP) is 2.84. The van der Waals surface area contributed by atoms with Gasteiger partial charge < -0.3 is 10.2 Å². The van der Waals surface area contributed by atoms with Crippen LogP contribution in [-0.2, 0) is 0 Å². The molecule has 4 heteroatoms. The van der Waals surface area contributed by atoms with E-state index in [0.717, 1.165) is 24.5 Å². The number of rotatable bonds is 4. The molecular formula is C15H24N2OS. The van der Waals surface area contributed by atoms with E-state index in [2.05, 4.69) is 26.1 Å². The molecule has 0 aromatic carbocycles. The van der Waals surface area contributed by atoms with Gasteiger partial charge in [-0.2, -0.15) is 0 Å². The number of hydrogen-bond acceptors (Lipinski definition) is 3. The molecule has 1 aliphatic rings. The zero-order valence-electron chi connectivity index (χ0n) is 12.1. The van der Waals surface area contributed by atoms with Crippen molar-refractivity contribution >= 4 is 17.2 Å². The summed E-state index contributed by atoms with van der Waals surface area (Å²) >= 11 is 1.53. The standard InChI is InChI=1S/C15H24N2OS/c1-11(2)8-16-13-7-12(3)9-17(10-13)15(18)14-5-4-6-19-14/h4-6,11-13,16H,7-10H2,1-3H3. The van der Waals surface area contributed by atoms with Crippen molar-refractivity contribution in [3.63, 3.8) is 0 Å². The lowest BCUT2D eigenvalue weighted by Crippen LogP contribution is -2.51. The minimum atomic E-state index is 0.192. The number of nitrogens with zero attached hydrogens (tertiary/aromatic N) is 1. The van der Waals surface area contributed by atoms with Crippen molar-refractivity contribution in [1.82, 2.24) is 10.2 Å². The molecule has 1 aromatic rings. The van der Waals surface area contributed by atoms with E-state index in [1.807, 2.05) is 22.4 Å². The Kier molecular flexibility index (Phi) is 4.99. The molecule has 1 saturated heterocycles. The van der Waals surface area contributed by atoms with Crippen molar-refractivity contribution in [2.75, 3.05) is 19.6 Å². The summed E-state index contributed by atoms with van der Waals surface area (Å²) in [7, 11) is 0. The molecule has 19 heavy (non-hydrogen) atoms. The average molecular weight is 280 g/mol. The van der Waals surface area contributed by atoms with Crippen LogP contribution in [0.25, 0.3) is 0 Å². The third kappa shape index (κ3) is 4.05. The van der Waals surface area contributed by atoms with Crippen LogP contribution in [0.1, 0.15) is 36.9 Å². The van der Waals surface area contributed by atoms with Gasteiger partial charge in [0.25, 0.3) is 5.91 Å². The Balaban J connectivity index is 1.95. The number of piperidine rings is 1. The van der Waals surface area contributed by atoms with E-state index in [1.165, 1.54) is 17.8 Å². The van der Waals surface area contributed by atoms with Crippen molar-refractivity contribution in [3.8, 4) is 0 Å². The molecule has 106 valence electrons. The van der Waals surface area contributed by atoms with Crippen LogP contribution in [0.15, 0.2) is 17.5 Å². The van der Waals surface area contributed by atoms with Crippen LogP contribution in [0, 0.1) is 11.8 Å². The number of hydrogen-bond donors (Lipinski definition) is 1. The number of carbonyl (C=O) groups is 1. The van der Waals surface area contributed by atoms with Crippen LogP contribution >= 0.6 is 11.3 Å². The van der Waals surface area contributed by atoms with Gasteiger partial charge in [0.2, 0.25) is 0 Å². The molecule has 1 N–H and O–H groups in total. The molecule has 1 fully saturated rings. The smallest absolute Gasteiger partial charge is 0.263 e. The maximum absolute atomic E-state index is 12.4. The second kappa shape index (κ2) is 6.53. The van der Waals surface area contributed by atoms with Crippen molar-refractivity contribution in [2.24, 2.45) is 11.8 Å². The largest absolute Gasteiger partial charge is 0.336 e. The van der Waals surface area contributed by atoms with Crippen molar-refractivity contribution in [1.29, 1.82) is 0 Å². The van der Waals surface area contributed by atoms with Crippen molar-refractivity contribution in [3.05, 3.63) is 22.4 Å². The van der Waals surface area contributed by atoms with Crippen molar-refractivity contribution in [2.45, 2.75) is 33.2 Å². The van der Waals surface area contributed by atoms with Gasteiger partial charge in [-0.05, 0) is 36.2 Å². The minimum Gasteiger partial charge on any atom is -0.336 e. The highest BCUT2D eigenvalue weighted by Crippen LogP contribution is 2.20. The zero-order chi connectivity index (χ0) is 13.8. The number of thiophene rings is 1. The Hall–Kier alpha value is -0.870. The van der Waals surface area contributed by atoms with Crippen LogP contribution in [0.5, 0.6) is 0 Å². The van der Waals surface area contributed by atoms with Crippen LogP contribution in [0.3, 0.4) is 0 Å². The minimum absolute atomic E-state index is 0.192. The third-order valence-corrected chi connectivity index (χ3v) is 4.35. The monoisotopic (exact) mass is 280 g/mol. The summed E-state index contributed by atoms with van der Waals surface area (Å²) in [6.07, 6.45) is 1.17. The Labute approximate surface area is 120 Å². The summed E-state index contributed by atoms with van der Waals surface area (Å²) in [5.74, 6) is 1.42. The Bertz CT molecular complexity index is 402. The molecule has 0 spiro atoms. The lowest BCUT2D eigenvalue weighted by Gasteiger charge is -2.37. The molecule has 2 unspecified atom stereocenters. The van der Waals surface area contributed by atoms with Gasteiger partial charge in [-0.25, -0.2) is 0 Å². The Morgan fingerprint density at radius 2 is 2.32 bits per heavy atom. The average Bonchev–Trinajstić information content (AvgIpc) is 2.88. The molecular weight excluding hydrogens is 256 g/mol. The van der Waals surface area contributed by atoms with E-state index >= 15 is 0 Å². The fourth-order valence-electron chi connectivity index (χ4n) is 2.62. The normalized spacial score (nSPS) is 23.9. The highest BCUT2D eigenvalue weighted by molar-refractivity contribution is 7.12. The van der Waals surface area contributed by atoms with E-state index in [4.69, 9.17) is 0 Å². The summed E-state index contributed by atoms with van der Waals surface area (Å²) in [5, 5.41) is 5.56. The molecule has 2 atom stereocenters. The highest BCUT2D eigenvalue weighted by atomic mass is 32.1. The molecule has 0 aliphatic carbocycles. The van der Waals surface area contributed by atoms with Gasteiger partial charge in [-0.1, -0.05) is 26.8 Å². The van der Waals surface area contributed by atoms with Crippen LogP contribution in [0.4, 0.5) is 0 Å². The van der Waals surface area contributed by atoms with E-state index < -0.39 is 0 Å². The number of nitrogens with one attached hydrogen (secondary N) is 1. The van der Waals surface area contributed by atoms with Gasteiger partial charge >= 0.3 is 0 Å². The van der Waals surface area contributed by atoms with E-state index in [0.29, 0.717) is 17.9 Å². The van der Waals surface area contributed by atoms with Gasteiger partial charge in [0.1, 0.15) is 0 Å². The van der Waals surface area contributed by atoms with E-state index in [-0.39, 0.29) is 5.91 Å². The first kappa shape index (κ1) is 14.5. The molecule has 1 amide bonds. The van der Waals surface area contributed by atoms with Crippen LogP contribution in [-0.4, -0.2) is 36.5 Å². The molecule has 2 rings (SSSR count). The third-order valence-electron chi connectivity index (χ3n) is 3.49. The summed E-state index contributed by atoms with van der Waals surface area (Å²) < 4.78 is 0. The second-order valence-electron chi connectivity index (χ2n) is 6.03. The van der Waals surface area contributed by atoms with E-state index in [9.17, 15) is 4.79 Å². The SMILES string of the molecule is CC(C)CNC1CC(C)CN(C(=O)c2cccs2)C1. The van der Waals surface area contributed by atoms with E-state index in [1.54, 1.807) is 0 Å². The molecule has 3 nitrogen and oxygen atoms in total. The van der Waals surface area contributed by atoms with Crippen LogP contribution in [0.2, 0.25) is 0 Å². The molecule has 0 radical (unpaired) electrons. The lowest BCUT2D eigenvalue weighted by atomic mass is 9.95. The number of amides is 1. The fraction of sp³-hybridized carbons (Fsp3) is 0.667. The molecule has 1 aromatic heterocycles. The first-order valence-corrected chi connectivity index (χ1v) is 8.00. The maximum atomic E-state index is 12.4. The summed E-state index contributed by atoms with van der Waals surface area (Å²) in [6.45, 7) is 9.42.